The van der Waals surface area contributed by atoms with E-state index in [-0.39, 0.29) is 5.91 Å². The van der Waals surface area contributed by atoms with E-state index in [4.69, 9.17) is 4.74 Å². The summed E-state index contributed by atoms with van der Waals surface area (Å²) in [6.45, 7) is 2.03. The molecule has 3 aromatic carbocycles. The maximum atomic E-state index is 12.9. The predicted molar refractivity (Wildman–Crippen MR) is 107 cm³/mol. The zero-order valence-electron chi connectivity index (χ0n) is 14.9. The average molecular weight is 343 g/mol. The Morgan fingerprint density at radius 1 is 0.885 bits per heavy atom. The lowest BCUT2D eigenvalue weighted by atomic mass is 10.0. The van der Waals surface area contributed by atoms with Crippen LogP contribution < -0.4 is 10.1 Å². The van der Waals surface area contributed by atoms with Crippen LogP contribution in [0.2, 0.25) is 0 Å². The Morgan fingerprint density at radius 2 is 1.54 bits per heavy atom. The zero-order chi connectivity index (χ0) is 18.4. The second-order valence-electron chi connectivity index (χ2n) is 6.02. The highest BCUT2D eigenvalue weighted by Gasteiger charge is 2.13. The van der Waals surface area contributed by atoms with E-state index in [0.29, 0.717) is 5.57 Å². The lowest BCUT2D eigenvalue weighted by Gasteiger charge is -2.11. The van der Waals surface area contributed by atoms with Crippen molar-refractivity contribution in [3.05, 3.63) is 95.6 Å². The Hall–Kier alpha value is -3.33. The first-order valence-electron chi connectivity index (χ1n) is 8.45. The number of benzene rings is 3. The van der Waals surface area contributed by atoms with Gasteiger partial charge < -0.3 is 10.1 Å². The van der Waals surface area contributed by atoms with Gasteiger partial charge in [0.2, 0.25) is 0 Å². The van der Waals surface area contributed by atoms with Crippen LogP contribution in [0.15, 0.2) is 78.9 Å². The molecule has 26 heavy (non-hydrogen) atoms. The quantitative estimate of drug-likeness (QED) is 0.512. The fraction of sp³-hybridized carbons (Fsp3) is 0.0870. The van der Waals surface area contributed by atoms with Crippen LogP contribution in [-0.4, -0.2) is 13.0 Å². The number of amides is 1. The number of hydrogen-bond donors (Lipinski definition) is 1. The number of hydrogen-bond acceptors (Lipinski definition) is 2. The third kappa shape index (κ3) is 4.39. The molecule has 3 aromatic rings. The number of carbonyl (C=O) groups is 1. The molecule has 0 fully saturated rings. The molecular weight excluding hydrogens is 322 g/mol. The van der Waals surface area contributed by atoms with Crippen molar-refractivity contribution < 1.29 is 9.53 Å². The maximum absolute atomic E-state index is 12.9. The van der Waals surface area contributed by atoms with Crippen LogP contribution in [0, 0.1) is 6.92 Å². The summed E-state index contributed by atoms with van der Waals surface area (Å²) in [7, 11) is 1.62. The van der Waals surface area contributed by atoms with Gasteiger partial charge in [-0.25, -0.2) is 0 Å². The molecule has 0 saturated heterocycles. The Bertz CT molecular complexity index is 895. The molecule has 0 aliphatic rings. The van der Waals surface area contributed by atoms with Gasteiger partial charge in [-0.15, -0.1) is 0 Å². The van der Waals surface area contributed by atoms with Gasteiger partial charge in [0.15, 0.2) is 0 Å². The van der Waals surface area contributed by atoms with Crippen molar-refractivity contribution in [3.8, 4) is 5.75 Å². The summed E-state index contributed by atoms with van der Waals surface area (Å²) in [5, 5.41) is 2.96. The van der Waals surface area contributed by atoms with E-state index >= 15 is 0 Å². The molecule has 3 rings (SSSR count). The van der Waals surface area contributed by atoms with Crippen molar-refractivity contribution in [2.75, 3.05) is 12.4 Å². The summed E-state index contributed by atoms with van der Waals surface area (Å²) < 4.78 is 5.16. The van der Waals surface area contributed by atoms with Crippen LogP contribution in [0.25, 0.3) is 11.6 Å². The number of methoxy groups -OCH3 is 1. The largest absolute Gasteiger partial charge is 0.497 e. The second kappa shape index (κ2) is 8.17. The van der Waals surface area contributed by atoms with Crippen molar-refractivity contribution in [2.24, 2.45) is 0 Å². The molecule has 3 heteroatoms. The van der Waals surface area contributed by atoms with Crippen LogP contribution in [0.1, 0.15) is 16.7 Å². The van der Waals surface area contributed by atoms with Crippen molar-refractivity contribution >= 4 is 23.2 Å². The van der Waals surface area contributed by atoms with Gasteiger partial charge >= 0.3 is 0 Å². The molecule has 0 aliphatic carbocycles. The monoisotopic (exact) mass is 343 g/mol. The van der Waals surface area contributed by atoms with E-state index in [2.05, 4.69) is 5.32 Å². The fourth-order valence-corrected chi connectivity index (χ4v) is 2.60. The molecular formula is C23H21NO2. The summed E-state index contributed by atoms with van der Waals surface area (Å²) in [4.78, 5) is 12.9. The first kappa shape index (κ1) is 17.5. The molecule has 3 nitrogen and oxygen atoms in total. The minimum absolute atomic E-state index is 0.150. The molecule has 0 unspecified atom stereocenters. The van der Waals surface area contributed by atoms with E-state index in [1.807, 2.05) is 91.9 Å². The molecule has 1 N–H and O–H groups in total. The van der Waals surface area contributed by atoms with Gasteiger partial charge in [-0.2, -0.15) is 0 Å². The lowest BCUT2D eigenvalue weighted by molar-refractivity contribution is -0.111. The fourth-order valence-electron chi connectivity index (χ4n) is 2.60. The summed E-state index contributed by atoms with van der Waals surface area (Å²) >= 11 is 0. The molecule has 0 radical (unpaired) electrons. The van der Waals surface area contributed by atoms with Gasteiger partial charge in [0.1, 0.15) is 5.75 Å². The minimum Gasteiger partial charge on any atom is -0.497 e. The Labute approximate surface area is 154 Å². The highest BCUT2D eigenvalue weighted by Crippen LogP contribution is 2.22. The van der Waals surface area contributed by atoms with Crippen LogP contribution in [-0.2, 0) is 4.79 Å². The summed E-state index contributed by atoms with van der Waals surface area (Å²) in [6, 6.07) is 25.1. The van der Waals surface area contributed by atoms with Gasteiger partial charge in [0.25, 0.3) is 5.91 Å². The van der Waals surface area contributed by atoms with Crippen molar-refractivity contribution in [2.45, 2.75) is 6.92 Å². The number of nitrogens with one attached hydrogen (secondary N) is 1. The van der Waals surface area contributed by atoms with E-state index in [1.165, 1.54) is 0 Å². The van der Waals surface area contributed by atoms with Gasteiger partial charge in [-0.05, 0) is 48.4 Å². The number of aryl methyl sites for hydroxylation is 1. The Balaban J connectivity index is 1.92. The van der Waals surface area contributed by atoms with E-state index in [1.54, 1.807) is 7.11 Å². The summed E-state index contributed by atoms with van der Waals surface area (Å²) in [5.74, 6) is 0.601. The zero-order valence-corrected chi connectivity index (χ0v) is 14.9. The molecule has 0 aromatic heterocycles. The van der Waals surface area contributed by atoms with Crippen LogP contribution in [0.3, 0.4) is 0 Å². The molecule has 0 aliphatic heterocycles. The number of carbonyl (C=O) groups excluding carboxylic acids is 1. The van der Waals surface area contributed by atoms with Crippen molar-refractivity contribution in [1.29, 1.82) is 0 Å². The topological polar surface area (TPSA) is 38.3 Å². The van der Waals surface area contributed by atoms with Gasteiger partial charge in [0, 0.05) is 11.3 Å². The average Bonchev–Trinajstić information content (AvgIpc) is 2.68. The number of ether oxygens (including phenoxy) is 1. The number of rotatable bonds is 5. The van der Waals surface area contributed by atoms with Gasteiger partial charge in [-0.1, -0.05) is 60.2 Å². The van der Waals surface area contributed by atoms with Crippen molar-refractivity contribution in [3.63, 3.8) is 0 Å². The normalized spacial score (nSPS) is 11.1. The third-order valence-electron chi connectivity index (χ3n) is 4.07. The smallest absolute Gasteiger partial charge is 0.256 e. The predicted octanol–water partition coefficient (Wildman–Crippen LogP) is 5.18. The Morgan fingerprint density at radius 3 is 2.15 bits per heavy atom. The van der Waals surface area contributed by atoms with Crippen LogP contribution >= 0.6 is 0 Å². The highest BCUT2D eigenvalue weighted by molar-refractivity contribution is 6.29. The van der Waals surface area contributed by atoms with Crippen molar-refractivity contribution in [1.82, 2.24) is 0 Å². The number of anilines is 1. The summed E-state index contributed by atoms with van der Waals surface area (Å²) in [5.41, 5.74) is 4.36. The molecule has 1 amide bonds. The highest BCUT2D eigenvalue weighted by atomic mass is 16.5. The molecule has 0 saturated carbocycles. The van der Waals surface area contributed by atoms with E-state index in [0.717, 1.165) is 28.1 Å². The molecule has 0 heterocycles. The summed E-state index contributed by atoms with van der Waals surface area (Å²) in [6.07, 6.45) is 1.91. The maximum Gasteiger partial charge on any atom is 0.256 e. The second-order valence-corrected chi connectivity index (χ2v) is 6.02. The minimum atomic E-state index is -0.150. The molecule has 0 spiro atoms. The lowest BCUT2D eigenvalue weighted by Crippen LogP contribution is -2.13. The van der Waals surface area contributed by atoms with E-state index < -0.39 is 0 Å². The van der Waals surface area contributed by atoms with Gasteiger partial charge in [-0.3, -0.25) is 4.79 Å². The van der Waals surface area contributed by atoms with E-state index in [9.17, 15) is 4.79 Å². The molecule has 0 atom stereocenters. The first-order valence-corrected chi connectivity index (χ1v) is 8.45. The third-order valence-corrected chi connectivity index (χ3v) is 4.07. The van der Waals surface area contributed by atoms with Gasteiger partial charge in [0.05, 0.1) is 7.11 Å². The SMILES string of the molecule is COc1ccc(NC(=O)C(=Cc2ccccc2)c2ccc(C)cc2)cc1. The molecule has 0 bridgehead atoms. The Kier molecular flexibility index (Phi) is 5.49. The van der Waals surface area contributed by atoms with Crippen LogP contribution in [0.4, 0.5) is 5.69 Å². The van der Waals surface area contributed by atoms with Crippen LogP contribution in [0.5, 0.6) is 5.75 Å². The molecule has 130 valence electrons. The first-order chi connectivity index (χ1) is 12.7. The standard InChI is InChI=1S/C23H21NO2/c1-17-8-10-19(11-9-17)22(16-18-6-4-3-5-7-18)23(25)24-20-12-14-21(26-2)15-13-20/h3-16H,1-2H3,(H,24,25).